The normalized spacial score (nSPS) is 24.1. The summed E-state index contributed by atoms with van der Waals surface area (Å²) < 4.78 is 45.3. The molecule has 11 nitrogen and oxygen atoms in total. The Labute approximate surface area is 305 Å². The lowest BCUT2D eigenvalue weighted by atomic mass is 9.77. The topological polar surface area (TPSA) is 145 Å². The molecule has 13 heteroatoms. The number of benzene rings is 2. The molecule has 0 radical (unpaired) electrons. The Balaban J connectivity index is 1.46. The number of likely N-dealkylation sites (tertiary alicyclic amines) is 1. The van der Waals surface area contributed by atoms with E-state index in [1.807, 2.05) is 26.8 Å². The van der Waals surface area contributed by atoms with Gasteiger partial charge in [-0.15, -0.1) is 6.58 Å². The van der Waals surface area contributed by atoms with Crippen molar-refractivity contribution in [1.29, 1.82) is 0 Å². The van der Waals surface area contributed by atoms with Crippen molar-refractivity contribution in [3.05, 3.63) is 48.0 Å². The second-order valence-electron chi connectivity index (χ2n) is 16.2. The first-order valence-corrected chi connectivity index (χ1v) is 19.3. The van der Waals surface area contributed by atoms with Gasteiger partial charge in [0, 0.05) is 28.6 Å². The van der Waals surface area contributed by atoms with Crippen LogP contribution in [0.4, 0.5) is 0 Å². The number of ketones is 1. The lowest BCUT2D eigenvalue weighted by Gasteiger charge is -2.35. The Bertz CT molecular complexity index is 1840. The summed E-state index contributed by atoms with van der Waals surface area (Å²) in [6.45, 7) is 14.7. The number of sulfonamides is 1. The van der Waals surface area contributed by atoms with Crippen molar-refractivity contribution in [2.24, 2.45) is 22.7 Å². The van der Waals surface area contributed by atoms with Crippen LogP contribution in [0.2, 0.25) is 5.02 Å². The van der Waals surface area contributed by atoms with Gasteiger partial charge in [-0.1, -0.05) is 38.4 Å². The van der Waals surface area contributed by atoms with Gasteiger partial charge >= 0.3 is 5.97 Å². The van der Waals surface area contributed by atoms with E-state index < -0.39 is 79.3 Å². The molecule has 0 spiro atoms. The Morgan fingerprint density at radius 2 is 1.73 bits per heavy atom. The highest BCUT2D eigenvalue weighted by Gasteiger charge is 2.61. The Hall–Kier alpha value is -3.64. The monoisotopic (exact) mass is 744 g/mol. The first-order valence-electron chi connectivity index (χ1n) is 17.4. The summed E-state index contributed by atoms with van der Waals surface area (Å²) in [4.78, 5) is 57.0. The number of nitrogens with one attached hydrogen (secondary N) is 1. The number of methoxy groups -OCH3 is 1. The molecule has 1 saturated heterocycles. The highest BCUT2D eigenvalue weighted by atomic mass is 35.5. The van der Waals surface area contributed by atoms with E-state index in [1.165, 1.54) is 4.90 Å². The number of amides is 2. The Kier molecular flexibility index (Phi) is 10.6. The molecule has 278 valence electrons. The second-order valence-corrected chi connectivity index (χ2v) is 18.6. The van der Waals surface area contributed by atoms with Gasteiger partial charge < -0.3 is 19.1 Å². The molecule has 2 amide bonds. The number of ether oxygens (including phenoxy) is 3. The molecule has 0 aromatic heterocycles. The second kappa shape index (κ2) is 14.1. The number of nitrogens with zero attached hydrogens (tertiary/aromatic N) is 1. The smallest absolute Gasteiger partial charge is 0.307 e. The number of allylic oxidation sites excluding steroid dienone is 1. The summed E-state index contributed by atoms with van der Waals surface area (Å²) in [6, 6.07) is 7.83. The Morgan fingerprint density at radius 1 is 1.06 bits per heavy atom. The van der Waals surface area contributed by atoms with E-state index in [1.54, 1.807) is 58.2 Å². The van der Waals surface area contributed by atoms with Gasteiger partial charge in [-0.25, -0.2) is 8.42 Å². The van der Waals surface area contributed by atoms with Crippen LogP contribution in [-0.2, 0) is 33.9 Å². The molecule has 2 aliphatic carbocycles. The van der Waals surface area contributed by atoms with Gasteiger partial charge in [0.25, 0.3) is 0 Å². The van der Waals surface area contributed by atoms with Crippen molar-refractivity contribution < 1.29 is 41.8 Å². The molecule has 2 aromatic carbocycles. The van der Waals surface area contributed by atoms with Gasteiger partial charge in [-0.3, -0.25) is 23.9 Å². The summed E-state index contributed by atoms with van der Waals surface area (Å²) in [5, 5.41) is 1.33. The average Bonchev–Trinajstić information content (AvgIpc) is 3.95. The van der Waals surface area contributed by atoms with E-state index in [4.69, 9.17) is 25.8 Å². The predicted octanol–water partition coefficient (Wildman–Crippen LogP) is 6.00. The van der Waals surface area contributed by atoms with E-state index in [0.717, 1.165) is 5.39 Å². The van der Waals surface area contributed by atoms with Crippen molar-refractivity contribution in [2.75, 3.05) is 13.7 Å². The third kappa shape index (κ3) is 8.54. The lowest BCUT2D eigenvalue weighted by Crippen LogP contribution is -2.49. The molecule has 1 aliphatic heterocycles. The average molecular weight is 745 g/mol. The molecule has 0 unspecified atom stereocenters. The van der Waals surface area contributed by atoms with Crippen molar-refractivity contribution in [3.8, 4) is 11.5 Å². The van der Waals surface area contributed by atoms with E-state index in [9.17, 15) is 27.6 Å². The van der Waals surface area contributed by atoms with Crippen LogP contribution in [-0.4, -0.2) is 73.5 Å². The van der Waals surface area contributed by atoms with Crippen molar-refractivity contribution in [3.63, 3.8) is 0 Å². The van der Waals surface area contributed by atoms with Crippen molar-refractivity contribution in [1.82, 2.24) is 9.62 Å². The summed E-state index contributed by atoms with van der Waals surface area (Å²) in [6.07, 6.45) is 1.77. The summed E-state index contributed by atoms with van der Waals surface area (Å²) in [7, 11) is -2.29. The zero-order chi connectivity index (χ0) is 37.7. The number of carbonyl (C=O) groups excluding carboxylic acids is 4. The highest BCUT2D eigenvalue weighted by Crippen LogP contribution is 2.57. The van der Waals surface area contributed by atoms with Crippen LogP contribution < -0.4 is 14.2 Å². The van der Waals surface area contributed by atoms with Crippen LogP contribution in [0.15, 0.2) is 43.0 Å². The fraction of sp³-hybridized carbons (Fsp3) is 0.579. The highest BCUT2D eigenvalue weighted by molar-refractivity contribution is 7.90. The van der Waals surface area contributed by atoms with Crippen LogP contribution in [0.5, 0.6) is 11.5 Å². The number of esters is 1. The molecular weight excluding hydrogens is 696 g/mol. The molecule has 2 saturated carbocycles. The van der Waals surface area contributed by atoms with Gasteiger partial charge in [0.1, 0.15) is 23.2 Å². The quantitative estimate of drug-likeness (QED) is 0.193. The fourth-order valence-electron chi connectivity index (χ4n) is 6.98. The zero-order valence-electron chi connectivity index (χ0n) is 30.4. The van der Waals surface area contributed by atoms with Crippen molar-refractivity contribution >= 4 is 56.0 Å². The van der Waals surface area contributed by atoms with Crippen LogP contribution in [0.25, 0.3) is 10.8 Å². The van der Waals surface area contributed by atoms with E-state index in [0.29, 0.717) is 34.7 Å². The van der Waals surface area contributed by atoms with E-state index in [-0.39, 0.29) is 32.2 Å². The minimum atomic E-state index is -3.85. The molecular formula is C38H49ClN2O9S. The largest absolute Gasteiger partial charge is 0.496 e. The first kappa shape index (κ1) is 38.6. The predicted molar refractivity (Wildman–Crippen MR) is 194 cm³/mol. The lowest BCUT2D eigenvalue weighted by molar-refractivity contribution is -0.161. The SMILES string of the molecule is C=C[C@@H]1C[C@]1(CC(=O)[C@@H]1C[C@@H](Oc2ccc(OC)c3ccc(Cl)cc23)CN1C(=O)[C@@H](CC(=O)OC(C)(C)C)C(C)(C)C)C(=O)NS(=O)(=O)C1CC1. The van der Waals surface area contributed by atoms with Gasteiger partial charge in [-0.05, 0) is 81.7 Å². The van der Waals surface area contributed by atoms with Gasteiger partial charge in [0.15, 0.2) is 5.78 Å². The Morgan fingerprint density at radius 3 is 2.29 bits per heavy atom. The summed E-state index contributed by atoms with van der Waals surface area (Å²) >= 11 is 6.36. The number of hydrogen-bond donors (Lipinski definition) is 1. The van der Waals surface area contributed by atoms with Gasteiger partial charge in [0.05, 0.1) is 42.7 Å². The van der Waals surface area contributed by atoms with Crippen LogP contribution in [0.3, 0.4) is 0 Å². The molecule has 51 heavy (non-hydrogen) atoms. The molecule has 2 aromatic rings. The molecule has 5 atom stereocenters. The van der Waals surface area contributed by atoms with Gasteiger partial charge in [-0.2, -0.15) is 0 Å². The molecule has 0 bridgehead atoms. The van der Waals surface area contributed by atoms with E-state index >= 15 is 0 Å². The molecule has 3 fully saturated rings. The number of Topliss-reactive ketones (excluding diaryl/α,β-unsaturated/α-hetero) is 1. The van der Waals surface area contributed by atoms with E-state index in [2.05, 4.69) is 11.3 Å². The van der Waals surface area contributed by atoms with Crippen molar-refractivity contribution in [2.45, 2.75) is 103 Å². The number of fused-ring (bicyclic) bond motifs is 1. The minimum absolute atomic E-state index is 0.0321. The summed E-state index contributed by atoms with van der Waals surface area (Å²) in [5.74, 6) is -2.22. The number of halogens is 1. The maximum atomic E-state index is 14.6. The third-order valence-corrected chi connectivity index (χ3v) is 12.1. The minimum Gasteiger partial charge on any atom is -0.496 e. The number of carbonyl (C=O) groups is 4. The molecule has 5 rings (SSSR count). The maximum absolute atomic E-state index is 14.6. The standard InChI is InChI=1S/C38H49ClN2O9S/c1-9-22-19-38(22,35(45)40-51(46,47)25-11-12-25)20-30(42)29-17-24(49-32-15-14-31(48-8)26-13-10-23(39)16-27(26)32)21-41(29)34(44)28(36(2,3)4)18-33(43)50-37(5,6)7/h9-10,13-16,22,24-25,28-29H,1,11-12,17-21H2,2-8H3,(H,40,45)/t22-,24-,28-,29+,38-/m1/s1. The molecule has 1 heterocycles. The summed E-state index contributed by atoms with van der Waals surface area (Å²) in [5.41, 5.74) is -2.74. The first-order chi connectivity index (χ1) is 23.7. The zero-order valence-corrected chi connectivity index (χ0v) is 32.0. The van der Waals surface area contributed by atoms with Crippen LogP contribution in [0, 0.1) is 22.7 Å². The van der Waals surface area contributed by atoms with Gasteiger partial charge in [0.2, 0.25) is 21.8 Å². The number of rotatable bonds is 13. The molecule has 3 aliphatic rings. The van der Waals surface area contributed by atoms with Crippen LogP contribution >= 0.6 is 11.6 Å². The number of hydrogen-bond acceptors (Lipinski definition) is 9. The fourth-order valence-corrected chi connectivity index (χ4v) is 8.54. The third-order valence-electron chi connectivity index (χ3n) is 10.0. The maximum Gasteiger partial charge on any atom is 0.307 e. The van der Waals surface area contributed by atoms with Crippen LogP contribution in [0.1, 0.15) is 80.1 Å². The molecule has 1 N–H and O–H groups in total.